The van der Waals surface area contributed by atoms with Crippen LogP contribution < -0.4 is 5.59 Å². The van der Waals surface area contributed by atoms with E-state index in [0.717, 1.165) is 11.0 Å². The largest absolute Gasteiger partial charge is 0.531 e. The summed E-state index contributed by atoms with van der Waals surface area (Å²) in [5.74, 6) is 0. The molecule has 62 valence electrons. The number of halogens is 3. The third-order valence-electron chi connectivity index (χ3n) is 1.17. The number of hydrogen-bond donors (Lipinski definition) is 0. The van der Waals surface area contributed by atoms with Gasteiger partial charge in [0.2, 0.25) is 0 Å². The fraction of sp³-hybridized carbons (Fsp3) is 0.500. The van der Waals surface area contributed by atoms with Crippen LogP contribution in [0.5, 0.6) is 0 Å². The third kappa shape index (κ3) is 1.72. The molecule has 1 aromatic heterocycles. The maximum Gasteiger partial charge on any atom is 0.531 e. The molecule has 0 fully saturated rings. The second-order valence-corrected chi connectivity index (χ2v) is 2.03. The van der Waals surface area contributed by atoms with E-state index in [1.807, 2.05) is 0 Å². The quantitative estimate of drug-likeness (QED) is 0.590. The Morgan fingerprint density at radius 2 is 2.18 bits per heavy atom. The summed E-state index contributed by atoms with van der Waals surface area (Å²) in [5, 5.41) is 6.61. The predicted octanol–water partition coefficient (Wildman–Crippen LogP) is 0.352. The summed E-state index contributed by atoms with van der Waals surface area (Å²) in [6.07, 6.45) is 0.740. The van der Waals surface area contributed by atoms with Crippen molar-refractivity contribution >= 4 is 12.6 Å². The molecular weight excluding hydrogens is 158 g/mol. The highest BCUT2D eigenvalue weighted by molar-refractivity contribution is 6.72. The van der Waals surface area contributed by atoms with Crippen molar-refractivity contribution in [3.8, 4) is 0 Å². The maximum atomic E-state index is 11.9. The van der Waals surface area contributed by atoms with Crippen LogP contribution in [0.25, 0.3) is 0 Å². The highest BCUT2D eigenvalue weighted by Gasteiger charge is 2.29. The lowest BCUT2D eigenvalue weighted by Gasteiger charge is -2.08. The van der Waals surface area contributed by atoms with Crippen molar-refractivity contribution in [1.29, 1.82) is 0 Å². The maximum absolute atomic E-state index is 11.9. The van der Waals surface area contributed by atoms with Crippen LogP contribution in [-0.2, 0) is 6.54 Å². The number of nitrogens with zero attached hydrogens (tertiary/aromatic N) is 3. The van der Waals surface area contributed by atoms with E-state index in [-0.39, 0.29) is 0 Å². The van der Waals surface area contributed by atoms with E-state index >= 15 is 0 Å². The Hall–Kier alpha value is -1.01. The molecule has 0 spiro atoms. The van der Waals surface area contributed by atoms with Gasteiger partial charge in [0.1, 0.15) is 0 Å². The molecule has 0 aliphatic heterocycles. The normalized spacial score (nSPS) is 12.0. The Morgan fingerprint density at radius 1 is 1.55 bits per heavy atom. The fourth-order valence-corrected chi connectivity index (χ4v) is 0.613. The number of rotatable bonds is 2. The molecule has 0 bridgehead atoms. The summed E-state index contributed by atoms with van der Waals surface area (Å²) in [6, 6.07) is 0. The molecule has 3 nitrogen and oxygen atoms in total. The van der Waals surface area contributed by atoms with Gasteiger partial charge in [-0.2, -0.15) is 15.0 Å². The summed E-state index contributed by atoms with van der Waals surface area (Å²) >= 11 is 0. The van der Waals surface area contributed by atoms with Crippen molar-refractivity contribution in [3.05, 3.63) is 6.20 Å². The lowest BCUT2D eigenvalue weighted by Crippen LogP contribution is -2.35. The molecule has 0 saturated heterocycles. The molecule has 0 amide bonds. The zero-order chi connectivity index (χ0) is 8.48. The minimum atomic E-state index is -4.99. The molecule has 0 aliphatic carbocycles. The van der Waals surface area contributed by atoms with Crippen LogP contribution in [0.2, 0.25) is 0 Å². The highest BCUT2D eigenvalue weighted by Crippen LogP contribution is 2.05. The van der Waals surface area contributed by atoms with E-state index in [0.29, 0.717) is 6.54 Å². The molecule has 1 aromatic rings. The molecule has 0 aromatic carbocycles. The summed E-state index contributed by atoms with van der Waals surface area (Å²) in [6.45, 7) is -2.96. The first-order chi connectivity index (χ1) is 5.04. The van der Waals surface area contributed by atoms with Crippen LogP contribution >= 0.6 is 0 Å². The van der Waals surface area contributed by atoms with Crippen LogP contribution in [0, 0.1) is 0 Å². The molecule has 0 N–H and O–H groups in total. The average molecular weight is 164 g/mol. The zero-order valence-electron chi connectivity index (χ0n) is 5.84. The molecule has 1 heterocycles. The van der Waals surface area contributed by atoms with Gasteiger partial charge in [-0.15, -0.1) is 0 Å². The lowest BCUT2D eigenvalue weighted by molar-refractivity contribution is 0.494. The van der Waals surface area contributed by atoms with Crippen LogP contribution in [0.1, 0.15) is 6.92 Å². The Labute approximate surface area is 61.3 Å². The van der Waals surface area contributed by atoms with Gasteiger partial charge in [0.05, 0.1) is 6.54 Å². The van der Waals surface area contributed by atoms with Crippen LogP contribution in [0.15, 0.2) is 6.20 Å². The standard InChI is InChI=1S/C4H6BF3N3/c1-2-11-9-3-4(10-11)5(6,7)8/h3H,2H2,1H3/q-1. The van der Waals surface area contributed by atoms with E-state index in [9.17, 15) is 12.9 Å². The van der Waals surface area contributed by atoms with Gasteiger partial charge < -0.3 is 12.9 Å². The lowest BCUT2D eigenvalue weighted by atomic mass is 9.87. The number of hydrogen-bond acceptors (Lipinski definition) is 2. The molecule has 11 heavy (non-hydrogen) atoms. The highest BCUT2D eigenvalue weighted by atomic mass is 19.4. The Bertz CT molecular complexity index is 243. The van der Waals surface area contributed by atoms with Gasteiger partial charge in [-0.1, -0.05) is 0 Å². The van der Waals surface area contributed by atoms with Gasteiger partial charge in [-0.25, -0.2) is 0 Å². The molecule has 0 saturated carbocycles. The first-order valence-corrected chi connectivity index (χ1v) is 3.14. The smallest absolute Gasteiger partial charge is 0.444 e. The summed E-state index contributed by atoms with van der Waals surface area (Å²) in [4.78, 5) is 1.00. The van der Waals surface area contributed by atoms with Crippen molar-refractivity contribution < 1.29 is 12.9 Å². The van der Waals surface area contributed by atoms with Crippen LogP contribution in [-0.4, -0.2) is 22.0 Å². The van der Waals surface area contributed by atoms with E-state index < -0.39 is 12.6 Å². The molecule has 1 rings (SSSR count). The van der Waals surface area contributed by atoms with Gasteiger partial charge in [0.25, 0.3) is 0 Å². The van der Waals surface area contributed by atoms with Crippen molar-refractivity contribution in [2.45, 2.75) is 13.5 Å². The van der Waals surface area contributed by atoms with Crippen molar-refractivity contribution in [3.63, 3.8) is 0 Å². The molecular formula is C4H6BF3N3-. The van der Waals surface area contributed by atoms with Gasteiger partial charge >= 0.3 is 6.98 Å². The number of aromatic nitrogens is 3. The van der Waals surface area contributed by atoms with Gasteiger partial charge in [0.15, 0.2) is 0 Å². The third-order valence-corrected chi connectivity index (χ3v) is 1.17. The molecule has 0 unspecified atom stereocenters. The second-order valence-electron chi connectivity index (χ2n) is 2.03. The fourth-order valence-electron chi connectivity index (χ4n) is 0.613. The van der Waals surface area contributed by atoms with Crippen molar-refractivity contribution in [2.75, 3.05) is 0 Å². The molecule has 0 aliphatic rings. The second kappa shape index (κ2) is 2.56. The Kier molecular flexibility index (Phi) is 1.88. The summed E-state index contributed by atoms with van der Waals surface area (Å²) in [7, 11) is 0. The predicted molar refractivity (Wildman–Crippen MR) is 34.4 cm³/mol. The topological polar surface area (TPSA) is 30.7 Å². The molecule has 0 radical (unpaired) electrons. The molecule has 7 heteroatoms. The minimum absolute atomic E-state index is 0.353. The first kappa shape index (κ1) is 8.09. The summed E-state index contributed by atoms with van der Waals surface area (Å²) in [5.41, 5.74) is -0.883. The van der Waals surface area contributed by atoms with E-state index in [1.165, 1.54) is 0 Å². The van der Waals surface area contributed by atoms with E-state index in [1.54, 1.807) is 6.92 Å². The number of aryl methyl sites for hydroxylation is 1. The van der Waals surface area contributed by atoms with E-state index in [2.05, 4.69) is 10.2 Å². The van der Waals surface area contributed by atoms with Crippen molar-refractivity contribution in [2.24, 2.45) is 0 Å². The molecule has 0 atom stereocenters. The van der Waals surface area contributed by atoms with Crippen molar-refractivity contribution in [1.82, 2.24) is 15.0 Å². The van der Waals surface area contributed by atoms with Gasteiger partial charge in [-0.3, -0.25) is 0 Å². The Balaban J connectivity index is 2.89. The average Bonchev–Trinajstić information content (AvgIpc) is 2.32. The van der Waals surface area contributed by atoms with Crippen LogP contribution in [0.4, 0.5) is 12.9 Å². The SMILES string of the molecule is CCn1ncc([B-](F)(F)F)n1. The minimum Gasteiger partial charge on any atom is -0.444 e. The van der Waals surface area contributed by atoms with Gasteiger partial charge in [-0.05, 0) is 6.92 Å². The zero-order valence-corrected chi connectivity index (χ0v) is 5.84. The monoisotopic (exact) mass is 164 g/mol. The first-order valence-electron chi connectivity index (χ1n) is 3.14. The van der Waals surface area contributed by atoms with Crippen LogP contribution in [0.3, 0.4) is 0 Å². The van der Waals surface area contributed by atoms with E-state index in [4.69, 9.17) is 0 Å². The summed E-state index contributed by atoms with van der Waals surface area (Å²) < 4.78 is 35.7. The Morgan fingerprint density at radius 3 is 2.45 bits per heavy atom. The van der Waals surface area contributed by atoms with Gasteiger partial charge in [0, 0.05) is 11.8 Å².